The number of aromatic amines is 1. The monoisotopic (exact) mass is 378 g/mol. The third-order valence-electron chi connectivity index (χ3n) is 3.17. The van der Waals surface area contributed by atoms with Gasteiger partial charge in [-0.1, -0.05) is 20.8 Å². The predicted octanol–water partition coefficient (Wildman–Crippen LogP) is 3.24. The average molecular weight is 379 g/mol. The van der Waals surface area contributed by atoms with Crippen molar-refractivity contribution in [2.45, 2.75) is 26.2 Å². The van der Waals surface area contributed by atoms with Crippen LogP contribution in [0.1, 0.15) is 42.5 Å². The molecule has 1 aromatic heterocycles. The van der Waals surface area contributed by atoms with Gasteiger partial charge < -0.3 is 4.74 Å². The van der Waals surface area contributed by atoms with E-state index in [1.165, 1.54) is 0 Å². The molecule has 0 unspecified atom stereocenters. The molecule has 1 amide bonds. The highest BCUT2D eigenvalue weighted by molar-refractivity contribution is 9.10. The zero-order valence-electron chi connectivity index (χ0n) is 13.5. The summed E-state index contributed by atoms with van der Waals surface area (Å²) in [5, 5.41) is 10.8. The van der Waals surface area contributed by atoms with Crippen LogP contribution in [0.3, 0.4) is 0 Å². The van der Waals surface area contributed by atoms with Gasteiger partial charge in [-0.25, -0.2) is 5.43 Å². The molecule has 1 aromatic carbocycles. The Hall–Kier alpha value is -2.15. The third-order valence-corrected chi connectivity index (χ3v) is 3.79. The molecule has 122 valence electrons. The highest BCUT2D eigenvalue weighted by Crippen LogP contribution is 2.24. The maximum absolute atomic E-state index is 12.0. The number of hydrogen-bond donors (Lipinski definition) is 2. The summed E-state index contributed by atoms with van der Waals surface area (Å²) in [4.78, 5) is 12.0. The van der Waals surface area contributed by atoms with Crippen molar-refractivity contribution in [2.75, 3.05) is 7.11 Å². The number of ether oxygens (including phenoxy) is 1. The van der Waals surface area contributed by atoms with E-state index in [2.05, 4.69) is 36.7 Å². The highest BCUT2D eigenvalue weighted by Gasteiger charge is 2.19. The average Bonchev–Trinajstić information content (AvgIpc) is 2.97. The molecule has 7 heteroatoms. The Bertz CT molecular complexity index is 732. The van der Waals surface area contributed by atoms with Gasteiger partial charge in [0.2, 0.25) is 0 Å². The molecule has 1 heterocycles. The number of methoxy groups -OCH3 is 1. The quantitative estimate of drug-likeness (QED) is 0.632. The summed E-state index contributed by atoms with van der Waals surface area (Å²) in [5.74, 6) is 0.373. The van der Waals surface area contributed by atoms with E-state index in [0.717, 1.165) is 21.5 Å². The minimum atomic E-state index is -0.361. The normalized spacial score (nSPS) is 11.7. The van der Waals surface area contributed by atoms with E-state index in [9.17, 15) is 4.79 Å². The SMILES string of the molecule is COc1ccc(/C=N/NC(=O)c2cc(C(C)(C)C)[nH]n2)cc1Br. The number of nitrogens with one attached hydrogen (secondary N) is 2. The second kappa shape index (κ2) is 6.95. The first-order chi connectivity index (χ1) is 10.8. The number of nitrogens with zero attached hydrogens (tertiary/aromatic N) is 2. The molecule has 0 spiro atoms. The van der Waals surface area contributed by atoms with E-state index >= 15 is 0 Å². The fourth-order valence-electron chi connectivity index (χ4n) is 1.81. The van der Waals surface area contributed by atoms with Gasteiger partial charge in [-0.05, 0) is 45.8 Å². The van der Waals surface area contributed by atoms with Crippen LogP contribution in [0.25, 0.3) is 0 Å². The van der Waals surface area contributed by atoms with Crippen LogP contribution >= 0.6 is 15.9 Å². The van der Waals surface area contributed by atoms with Crippen molar-refractivity contribution in [1.29, 1.82) is 0 Å². The lowest BCUT2D eigenvalue weighted by atomic mass is 9.92. The van der Waals surface area contributed by atoms with Crippen molar-refractivity contribution < 1.29 is 9.53 Å². The number of halogens is 1. The number of carbonyl (C=O) groups is 1. The summed E-state index contributed by atoms with van der Waals surface area (Å²) in [7, 11) is 1.60. The fourth-order valence-corrected chi connectivity index (χ4v) is 2.37. The summed E-state index contributed by atoms with van der Waals surface area (Å²) in [5.41, 5.74) is 4.40. The van der Waals surface area contributed by atoms with Crippen LogP contribution < -0.4 is 10.2 Å². The molecule has 23 heavy (non-hydrogen) atoms. The standard InChI is InChI=1S/C16H19BrN4O2/c1-16(2,3)14-8-12(19-20-14)15(22)21-18-9-10-5-6-13(23-4)11(17)7-10/h5-9H,1-4H3,(H,19,20)(H,21,22)/b18-9+. The van der Waals surface area contributed by atoms with Gasteiger partial charge in [-0.3, -0.25) is 9.89 Å². The first-order valence-electron chi connectivity index (χ1n) is 7.04. The molecule has 2 aromatic rings. The summed E-state index contributed by atoms with van der Waals surface area (Å²) >= 11 is 3.40. The Morgan fingerprint density at radius 3 is 2.70 bits per heavy atom. The van der Waals surface area contributed by atoms with Gasteiger partial charge in [-0.15, -0.1) is 0 Å². The predicted molar refractivity (Wildman–Crippen MR) is 93.0 cm³/mol. The molecule has 0 bridgehead atoms. The van der Waals surface area contributed by atoms with E-state index in [1.807, 2.05) is 39.0 Å². The van der Waals surface area contributed by atoms with E-state index in [0.29, 0.717) is 5.69 Å². The Labute approximate surface area is 143 Å². The van der Waals surface area contributed by atoms with Crippen LogP contribution in [-0.4, -0.2) is 29.4 Å². The van der Waals surface area contributed by atoms with Gasteiger partial charge in [0, 0.05) is 11.1 Å². The van der Waals surface area contributed by atoms with Crippen molar-refractivity contribution in [3.05, 3.63) is 45.7 Å². The first kappa shape index (κ1) is 17.2. The minimum absolute atomic E-state index is 0.0931. The summed E-state index contributed by atoms with van der Waals surface area (Å²) < 4.78 is 5.97. The van der Waals surface area contributed by atoms with Crippen LogP contribution in [0.5, 0.6) is 5.75 Å². The molecule has 0 aliphatic rings. The summed E-state index contributed by atoms with van der Waals surface area (Å²) in [6, 6.07) is 7.23. The molecule has 0 aliphatic heterocycles. The van der Waals surface area contributed by atoms with E-state index < -0.39 is 0 Å². The van der Waals surface area contributed by atoms with E-state index in [-0.39, 0.29) is 11.3 Å². The molecule has 2 N–H and O–H groups in total. The Kier molecular flexibility index (Phi) is 5.20. The molecule has 0 fully saturated rings. The van der Waals surface area contributed by atoms with Crippen LogP contribution in [0.4, 0.5) is 0 Å². The molecule has 2 rings (SSSR count). The van der Waals surface area contributed by atoms with Crippen molar-refractivity contribution in [3.63, 3.8) is 0 Å². The molecule has 0 radical (unpaired) electrons. The van der Waals surface area contributed by atoms with Gasteiger partial charge >= 0.3 is 0 Å². The van der Waals surface area contributed by atoms with E-state index in [1.54, 1.807) is 19.4 Å². The number of aromatic nitrogens is 2. The summed E-state index contributed by atoms with van der Waals surface area (Å²) in [6.45, 7) is 6.13. The largest absolute Gasteiger partial charge is 0.496 e. The molecule has 6 nitrogen and oxygen atoms in total. The van der Waals surface area contributed by atoms with E-state index in [4.69, 9.17) is 4.74 Å². The second-order valence-electron chi connectivity index (χ2n) is 6.01. The number of hydrazone groups is 1. The van der Waals surface area contributed by atoms with Crippen LogP contribution in [0.15, 0.2) is 33.8 Å². The Balaban J connectivity index is 2.01. The summed E-state index contributed by atoms with van der Waals surface area (Å²) in [6.07, 6.45) is 1.55. The number of benzene rings is 1. The van der Waals surface area contributed by atoms with Gasteiger partial charge in [0.05, 0.1) is 17.8 Å². The lowest BCUT2D eigenvalue weighted by molar-refractivity contribution is 0.0950. The second-order valence-corrected chi connectivity index (χ2v) is 6.86. The zero-order chi connectivity index (χ0) is 17.0. The topological polar surface area (TPSA) is 79.4 Å². The van der Waals surface area contributed by atoms with Crippen molar-refractivity contribution in [1.82, 2.24) is 15.6 Å². The van der Waals surface area contributed by atoms with Crippen molar-refractivity contribution in [2.24, 2.45) is 5.10 Å². The van der Waals surface area contributed by atoms with Crippen LogP contribution in [0, 0.1) is 0 Å². The molecule has 0 saturated carbocycles. The minimum Gasteiger partial charge on any atom is -0.496 e. The Morgan fingerprint density at radius 1 is 1.39 bits per heavy atom. The number of rotatable bonds is 4. The molecule has 0 aliphatic carbocycles. The van der Waals surface area contributed by atoms with Crippen LogP contribution in [-0.2, 0) is 5.41 Å². The first-order valence-corrected chi connectivity index (χ1v) is 7.83. The molecule has 0 atom stereocenters. The highest BCUT2D eigenvalue weighted by atomic mass is 79.9. The molecular formula is C16H19BrN4O2. The molecule has 0 saturated heterocycles. The number of carbonyl (C=O) groups excluding carboxylic acids is 1. The number of H-pyrrole nitrogens is 1. The van der Waals surface area contributed by atoms with Crippen LogP contribution in [0.2, 0.25) is 0 Å². The van der Waals surface area contributed by atoms with Gasteiger partial charge in [0.25, 0.3) is 5.91 Å². The van der Waals surface area contributed by atoms with Gasteiger partial charge in [-0.2, -0.15) is 10.2 Å². The van der Waals surface area contributed by atoms with Gasteiger partial charge in [0.1, 0.15) is 5.75 Å². The zero-order valence-corrected chi connectivity index (χ0v) is 15.1. The fraction of sp³-hybridized carbons (Fsp3) is 0.312. The molecular weight excluding hydrogens is 360 g/mol. The maximum Gasteiger partial charge on any atom is 0.291 e. The smallest absolute Gasteiger partial charge is 0.291 e. The lowest BCUT2D eigenvalue weighted by Crippen LogP contribution is -2.18. The van der Waals surface area contributed by atoms with Crippen molar-refractivity contribution >= 4 is 28.1 Å². The lowest BCUT2D eigenvalue weighted by Gasteiger charge is -2.14. The van der Waals surface area contributed by atoms with Crippen molar-refractivity contribution in [3.8, 4) is 5.75 Å². The van der Waals surface area contributed by atoms with Gasteiger partial charge in [0.15, 0.2) is 5.69 Å². The maximum atomic E-state index is 12.0. The number of amides is 1. The Morgan fingerprint density at radius 2 is 2.13 bits per heavy atom. The number of hydrogen-bond acceptors (Lipinski definition) is 4. The third kappa shape index (κ3) is 4.41.